The minimum absolute atomic E-state index is 0.131. The Kier molecular flexibility index (Phi) is 5.32. The quantitative estimate of drug-likeness (QED) is 0.633. The van der Waals surface area contributed by atoms with Crippen LogP contribution in [0.25, 0.3) is 11.5 Å². The molecule has 1 N–H and O–H groups in total. The molecule has 122 valence electrons. The van der Waals surface area contributed by atoms with Crippen molar-refractivity contribution in [3.8, 4) is 11.5 Å². The molecule has 1 aromatic heterocycles. The third-order valence-electron chi connectivity index (χ3n) is 3.14. The van der Waals surface area contributed by atoms with Crippen molar-refractivity contribution >= 4 is 39.3 Å². The number of hydrogen-bond donors (Lipinski definition) is 1. The van der Waals surface area contributed by atoms with Crippen LogP contribution in [0.15, 0.2) is 62.6 Å². The van der Waals surface area contributed by atoms with Gasteiger partial charge in [0.2, 0.25) is 11.8 Å². The van der Waals surface area contributed by atoms with Crippen LogP contribution in [0.4, 0.5) is 5.69 Å². The van der Waals surface area contributed by atoms with E-state index in [0.717, 1.165) is 21.3 Å². The van der Waals surface area contributed by atoms with Gasteiger partial charge in [-0.3, -0.25) is 4.79 Å². The third kappa shape index (κ3) is 4.46. The Hall–Kier alpha value is -2.12. The van der Waals surface area contributed by atoms with Gasteiger partial charge in [-0.15, -0.1) is 10.2 Å². The lowest BCUT2D eigenvalue weighted by atomic mass is 10.1. The van der Waals surface area contributed by atoms with Crippen molar-refractivity contribution in [3.63, 3.8) is 0 Å². The summed E-state index contributed by atoms with van der Waals surface area (Å²) >= 11 is 4.57. The van der Waals surface area contributed by atoms with Gasteiger partial charge < -0.3 is 9.73 Å². The van der Waals surface area contributed by atoms with Gasteiger partial charge in [-0.05, 0) is 37.3 Å². The number of aromatic nitrogens is 2. The summed E-state index contributed by atoms with van der Waals surface area (Å²) in [4.78, 5) is 12.0. The molecule has 0 saturated heterocycles. The second-order valence-corrected chi connectivity index (χ2v) is 6.93. The van der Waals surface area contributed by atoms with Gasteiger partial charge in [-0.2, -0.15) is 0 Å². The number of benzene rings is 2. The zero-order valence-corrected chi connectivity index (χ0v) is 15.2. The summed E-state index contributed by atoms with van der Waals surface area (Å²) in [6, 6.07) is 15.2. The van der Waals surface area contributed by atoms with Gasteiger partial charge in [0.25, 0.3) is 5.22 Å². The first-order chi connectivity index (χ1) is 11.6. The van der Waals surface area contributed by atoms with Crippen LogP contribution in [0.1, 0.15) is 5.56 Å². The fraction of sp³-hybridized carbons (Fsp3) is 0.118. The molecule has 3 aromatic rings. The fourth-order valence-electron chi connectivity index (χ4n) is 1.97. The Bertz CT molecular complexity index is 849. The first-order valence-electron chi connectivity index (χ1n) is 7.19. The maximum absolute atomic E-state index is 12.0. The molecule has 1 amide bonds. The highest BCUT2D eigenvalue weighted by atomic mass is 79.9. The molecule has 3 rings (SSSR count). The predicted molar refractivity (Wildman–Crippen MR) is 98.0 cm³/mol. The molecule has 7 heteroatoms. The molecule has 0 atom stereocenters. The van der Waals surface area contributed by atoms with E-state index in [4.69, 9.17) is 4.42 Å². The molecule has 0 aliphatic carbocycles. The van der Waals surface area contributed by atoms with E-state index in [-0.39, 0.29) is 11.7 Å². The Balaban J connectivity index is 1.57. The van der Waals surface area contributed by atoms with Crippen LogP contribution in [0.2, 0.25) is 0 Å². The number of anilines is 1. The molecule has 24 heavy (non-hydrogen) atoms. The summed E-state index contributed by atoms with van der Waals surface area (Å²) in [6.45, 7) is 2.02. The van der Waals surface area contributed by atoms with E-state index in [1.165, 1.54) is 11.8 Å². The Labute approximate surface area is 152 Å². The highest BCUT2D eigenvalue weighted by molar-refractivity contribution is 9.10. The monoisotopic (exact) mass is 403 g/mol. The van der Waals surface area contributed by atoms with E-state index in [2.05, 4.69) is 31.4 Å². The van der Waals surface area contributed by atoms with Crippen molar-refractivity contribution in [3.05, 3.63) is 58.6 Å². The molecule has 1 heterocycles. The lowest BCUT2D eigenvalue weighted by Gasteiger charge is -2.04. The lowest BCUT2D eigenvalue weighted by molar-refractivity contribution is -0.113. The van der Waals surface area contributed by atoms with Crippen LogP contribution in [0.3, 0.4) is 0 Å². The number of aryl methyl sites for hydroxylation is 1. The van der Waals surface area contributed by atoms with E-state index in [1.807, 2.05) is 55.5 Å². The van der Waals surface area contributed by atoms with E-state index >= 15 is 0 Å². The molecule has 0 saturated carbocycles. The normalized spacial score (nSPS) is 10.6. The maximum Gasteiger partial charge on any atom is 0.277 e. The van der Waals surface area contributed by atoms with Crippen molar-refractivity contribution in [1.29, 1.82) is 0 Å². The SMILES string of the molecule is Cc1ccc(-c2nnc(SCC(=O)Nc3cccc(Br)c3)o2)cc1. The molecule has 0 fully saturated rings. The molecule has 0 spiro atoms. The van der Waals surface area contributed by atoms with Crippen molar-refractivity contribution < 1.29 is 9.21 Å². The van der Waals surface area contributed by atoms with Crippen molar-refractivity contribution in [2.24, 2.45) is 0 Å². The summed E-state index contributed by atoms with van der Waals surface area (Å²) in [7, 11) is 0. The molecule has 0 radical (unpaired) electrons. The number of amides is 1. The number of carbonyl (C=O) groups is 1. The predicted octanol–water partition coefficient (Wildman–Crippen LogP) is 4.54. The van der Waals surface area contributed by atoms with Crippen molar-refractivity contribution in [2.75, 3.05) is 11.1 Å². The molecule has 0 aliphatic rings. The molecule has 5 nitrogen and oxygen atoms in total. The molecule has 0 aliphatic heterocycles. The third-order valence-corrected chi connectivity index (χ3v) is 4.45. The summed E-state index contributed by atoms with van der Waals surface area (Å²) in [5.74, 6) is 0.514. The van der Waals surface area contributed by atoms with Gasteiger partial charge in [0, 0.05) is 15.7 Å². The molecule has 0 bridgehead atoms. The Morgan fingerprint density at radius 2 is 2.00 bits per heavy atom. The van der Waals surface area contributed by atoms with Gasteiger partial charge in [0.1, 0.15) is 0 Å². The second-order valence-electron chi connectivity index (χ2n) is 5.09. The summed E-state index contributed by atoms with van der Waals surface area (Å²) in [5, 5.41) is 11.2. The van der Waals surface area contributed by atoms with Crippen LogP contribution in [-0.4, -0.2) is 21.9 Å². The van der Waals surface area contributed by atoms with Gasteiger partial charge in [-0.1, -0.05) is 51.5 Å². The Morgan fingerprint density at radius 1 is 1.21 bits per heavy atom. The maximum atomic E-state index is 12.0. The summed E-state index contributed by atoms with van der Waals surface area (Å²) < 4.78 is 6.49. The van der Waals surface area contributed by atoms with Gasteiger partial charge >= 0.3 is 0 Å². The lowest BCUT2D eigenvalue weighted by Crippen LogP contribution is -2.13. The van der Waals surface area contributed by atoms with E-state index < -0.39 is 0 Å². The van der Waals surface area contributed by atoms with Crippen LogP contribution in [-0.2, 0) is 4.79 Å². The summed E-state index contributed by atoms with van der Waals surface area (Å²) in [6.07, 6.45) is 0. The number of carbonyl (C=O) groups excluding carboxylic acids is 1. The number of rotatable bonds is 5. The minimum atomic E-state index is -0.131. The molecule has 0 unspecified atom stereocenters. The zero-order chi connectivity index (χ0) is 16.9. The van der Waals surface area contributed by atoms with Gasteiger partial charge in [-0.25, -0.2) is 0 Å². The number of hydrogen-bond acceptors (Lipinski definition) is 5. The number of nitrogens with zero attached hydrogens (tertiary/aromatic N) is 2. The molecular formula is C17H14BrN3O2S. The van der Waals surface area contributed by atoms with Crippen LogP contribution < -0.4 is 5.32 Å². The first-order valence-corrected chi connectivity index (χ1v) is 8.97. The van der Waals surface area contributed by atoms with Crippen LogP contribution in [0.5, 0.6) is 0 Å². The standard InChI is InChI=1S/C17H14BrN3O2S/c1-11-5-7-12(8-6-11)16-20-21-17(23-16)24-10-15(22)19-14-4-2-3-13(18)9-14/h2-9H,10H2,1H3,(H,19,22). The first kappa shape index (κ1) is 16.7. The second kappa shape index (κ2) is 7.63. The molecule has 2 aromatic carbocycles. The largest absolute Gasteiger partial charge is 0.411 e. The van der Waals surface area contributed by atoms with E-state index in [1.54, 1.807) is 0 Å². The highest BCUT2D eigenvalue weighted by Crippen LogP contribution is 2.23. The fourth-order valence-corrected chi connectivity index (χ4v) is 2.93. The van der Waals surface area contributed by atoms with Crippen LogP contribution >= 0.6 is 27.7 Å². The Morgan fingerprint density at radius 3 is 2.75 bits per heavy atom. The van der Waals surface area contributed by atoms with Crippen LogP contribution in [0, 0.1) is 6.92 Å². The topological polar surface area (TPSA) is 68.0 Å². The number of halogens is 1. The van der Waals surface area contributed by atoms with Gasteiger partial charge in [0.05, 0.1) is 5.75 Å². The molecular weight excluding hydrogens is 390 g/mol. The average molecular weight is 404 g/mol. The zero-order valence-electron chi connectivity index (χ0n) is 12.8. The van der Waals surface area contributed by atoms with Crippen molar-refractivity contribution in [1.82, 2.24) is 10.2 Å². The van der Waals surface area contributed by atoms with Gasteiger partial charge in [0.15, 0.2) is 0 Å². The smallest absolute Gasteiger partial charge is 0.277 e. The summed E-state index contributed by atoms with van der Waals surface area (Å²) in [5.41, 5.74) is 2.76. The van der Waals surface area contributed by atoms with Crippen molar-refractivity contribution in [2.45, 2.75) is 12.1 Å². The minimum Gasteiger partial charge on any atom is -0.411 e. The average Bonchev–Trinajstić information content (AvgIpc) is 3.03. The number of thioether (sulfide) groups is 1. The number of nitrogens with one attached hydrogen (secondary N) is 1. The highest BCUT2D eigenvalue weighted by Gasteiger charge is 2.11. The van der Waals surface area contributed by atoms with E-state index in [9.17, 15) is 4.79 Å². The van der Waals surface area contributed by atoms with E-state index in [0.29, 0.717) is 11.1 Å².